The maximum Gasteiger partial charge on any atom is 0.296 e. The van der Waals surface area contributed by atoms with E-state index in [9.17, 15) is 19.1 Å². The van der Waals surface area contributed by atoms with Gasteiger partial charge in [0.15, 0.2) is 15.9 Å². The van der Waals surface area contributed by atoms with E-state index < -0.39 is 23.5 Å². The van der Waals surface area contributed by atoms with Gasteiger partial charge in [-0.25, -0.2) is 4.39 Å². The molecule has 2 heterocycles. The average Bonchev–Trinajstić information content (AvgIpc) is 3.49. The van der Waals surface area contributed by atoms with Crippen LogP contribution >= 0.6 is 34.7 Å². The minimum absolute atomic E-state index is 0.0831. The molecule has 0 saturated heterocycles. The Bertz CT molecular complexity index is 1570. The van der Waals surface area contributed by atoms with Crippen molar-refractivity contribution in [1.29, 1.82) is 0 Å². The number of aliphatic hydroxyl groups is 1. The summed E-state index contributed by atoms with van der Waals surface area (Å²) in [6.45, 7) is 0. The Kier molecular flexibility index (Phi) is 7.69. The number of aliphatic hydroxyl groups excluding tert-OH is 1. The summed E-state index contributed by atoms with van der Waals surface area (Å²) >= 11 is 8.62. The molecule has 1 aliphatic rings. The second-order valence-corrected chi connectivity index (χ2v) is 10.8. The Balaban J connectivity index is 1.47. The number of hydrogen-bond donors (Lipinski definition) is 1. The molecular formula is C28H19ClFN3O3S2. The van der Waals surface area contributed by atoms with Gasteiger partial charge in [-0.3, -0.25) is 14.5 Å². The van der Waals surface area contributed by atoms with E-state index in [1.165, 1.54) is 28.8 Å². The molecule has 190 valence electrons. The standard InChI is InChI=1S/C28H19ClFN3O3S2/c29-20-11-6-10-18(15-20)24-23(22(34)14-13-17-7-2-1-3-8-17)25(35)26(36)33(24)27-31-32-28(38-27)37-16-19-9-4-5-12-21(19)30/h1-15,24,35H,16H2/b14-13+. The van der Waals surface area contributed by atoms with Gasteiger partial charge in [-0.2, -0.15) is 0 Å². The van der Waals surface area contributed by atoms with Crippen molar-refractivity contribution in [3.05, 3.63) is 124 Å². The number of carbonyl (C=O) groups is 2. The molecule has 6 nitrogen and oxygen atoms in total. The molecule has 4 aromatic rings. The van der Waals surface area contributed by atoms with Gasteiger partial charge in [-0.1, -0.05) is 101 Å². The van der Waals surface area contributed by atoms with Gasteiger partial charge in [0.1, 0.15) is 5.82 Å². The number of carbonyl (C=O) groups excluding carboxylic acids is 2. The molecule has 38 heavy (non-hydrogen) atoms. The molecular weight excluding hydrogens is 545 g/mol. The monoisotopic (exact) mass is 563 g/mol. The van der Waals surface area contributed by atoms with E-state index in [1.54, 1.807) is 48.5 Å². The number of halogens is 2. The molecule has 0 fully saturated rings. The number of thioether (sulfide) groups is 1. The highest BCUT2D eigenvalue weighted by molar-refractivity contribution is 8.00. The van der Waals surface area contributed by atoms with Gasteiger partial charge in [0, 0.05) is 10.8 Å². The van der Waals surface area contributed by atoms with Crippen LogP contribution in [0.4, 0.5) is 9.52 Å². The topological polar surface area (TPSA) is 83.4 Å². The van der Waals surface area contributed by atoms with E-state index in [4.69, 9.17) is 11.6 Å². The van der Waals surface area contributed by atoms with Crippen LogP contribution in [-0.2, 0) is 15.3 Å². The summed E-state index contributed by atoms with van der Waals surface area (Å²) < 4.78 is 14.5. The van der Waals surface area contributed by atoms with Gasteiger partial charge >= 0.3 is 0 Å². The van der Waals surface area contributed by atoms with Crippen LogP contribution in [0.1, 0.15) is 22.7 Å². The van der Waals surface area contributed by atoms with E-state index >= 15 is 0 Å². The number of anilines is 1. The zero-order chi connectivity index (χ0) is 26.6. The minimum atomic E-state index is -0.966. The smallest absolute Gasteiger partial charge is 0.296 e. The average molecular weight is 564 g/mol. The number of rotatable bonds is 8. The second-order valence-electron chi connectivity index (χ2n) is 8.23. The highest BCUT2D eigenvalue weighted by atomic mass is 35.5. The third kappa shape index (κ3) is 5.40. The van der Waals surface area contributed by atoms with Crippen LogP contribution in [-0.4, -0.2) is 27.0 Å². The van der Waals surface area contributed by atoms with Crippen LogP contribution in [0, 0.1) is 5.82 Å². The zero-order valence-electron chi connectivity index (χ0n) is 19.6. The number of ketones is 1. The minimum Gasteiger partial charge on any atom is -0.503 e. The molecule has 10 heteroatoms. The quantitative estimate of drug-likeness (QED) is 0.144. The highest BCUT2D eigenvalue weighted by Crippen LogP contribution is 2.43. The molecule has 0 spiro atoms. The Morgan fingerprint density at radius 2 is 1.84 bits per heavy atom. The van der Waals surface area contributed by atoms with Crippen LogP contribution in [0.5, 0.6) is 0 Å². The summed E-state index contributed by atoms with van der Waals surface area (Å²) in [4.78, 5) is 27.9. The normalized spacial score (nSPS) is 15.6. The van der Waals surface area contributed by atoms with Crippen molar-refractivity contribution in [3.8, 4) is 0 Å². The van der Waals surface area contributed by atoms with Crippen molar-refractivity contribution in [3.63, 3.8) is 0 Å². The Morgan fingerprint density at radius 3 is 2.61 bits per heavy atom. The highest BCUT2D eigenvalue weighted by Gasteiger charge is 2.45. The summed E-state index contributed by atoms with van der Waals surface area (Å²) in [5.41, 5.74) is 1.75. The van der Waals surface area contributed by atoms with Gasteiger partial charge in [-0.05, 0) is 41.0 Å². The second kappa shape index (κ2) is 11.3. The van der Waals surface area contributed by atoms with Crippen molar-refractivity contribution < 1.29 is 19.1 Å². The van der Waals surface area contributed by atoms with Gasteiger partial charge in [0.25, 0.3) is 5.91 Å². The van der Waals surface area contributed by atoms with Crippen molar-refractivity contribution in [2.45, 2.75) is 16.1 Å². The third-order valence-corrected chi connectivity index (χ3v) is 8.12. The number of amides is 1. The molecule has 3 aromatic carbocycles. The first-order valence-corrected chi connectivity index (χ1v) is 13.6. The van der Waals surface area contributed by atoms with Crippen molar-refractivity contribution >= 4 is 57.6 Å². The first-order chi connectivity index (χ1) is 18.4. The fraction of sp³-hybridized carbons (Fsp3) is 0.0714. The van der Waals surface area contributed by atoms with E-state index in [-0.39, 0.29) is 16.5 Å². The number of hydrogen-bond acceptors (Lipinski definition) is 7. The first kappa shape index (κ1) is 25.8. The van der Waals surface area contributed by atoms with Gasteiger partial charge in [0.2, 0.25) is 5.13 Å². The molecule has 0 aliphatic carbocycles. The van der Waals surface area contributed by atoms with E-state index in [2.05, 4.69) is 10.2 Å². The molecule has 0 saturated carbocycles. The largest absolute Gasteiger partial charge is 0.503 e. The summed E-state index contributed by atoms with van der Waals surface area (Å²) in [6, 6.07) is 21.4. The Labute approximate surface area is 231 Å². The molecule has 1 aromatic heterocycles. The predicted molar refractivity (Wildman–Crippen MR) is 148 cm³/mol. The summed E-state index contributed by atoms with van der Waals surface area (Å²) in [5.74, 6) is -1.95. The van der Waals surface area contributed by atoms with Gasteiger partial charge in [-0.15, -0.1) is 10.2 Å². The van der Waals surface area contributed by atoms with E-state index in [0.29, 0.717) is 26.2 Å². The van der Waals surface area contributed by atoms with E-state index in [0.717, 1.165) is 16.9 Å². The summed E-state index contributed by atoms with van der Waals surface area (Å²) in [5, 5.41) is 19.8. The van der Waals surface area contributed by atoms with Crippen molar-refractivity contribution in [2.24, 2.45) is 0 Å². The molecule has 0 radical (unpaired) electrons. The molecule has 1 unspecified atom stereocenters. The first-order valence-electron chi connectivity index (χ1n) is 11.4. The number of nitrogens with zero attached hydrogens (tertiary/aromatic N) is 3. The van der Waals surface area contributed by atoms with Crippen LogP contribution in [0.25, 0.3) is 6.08 Å². The number of allylic oxidation sites excluding steroid dienone is 1. The summed E-state index contributed by atoms with van der Waals surface area (Å²) in [7, 11) is 0. The molecule has 1 N–H and O–H groups in total. The summed E-state index contributed by atoms with van der Waals surface area (Å²) in [6.07, 6.45) is 2.94. The lowest BCUT2D eigenvalue weighted by Crippen LogP contribution is -2.30. The molecule has 5 rings (SSSR count). The van der Waals surface area contributed by atoms with Crippen LogP contribution in [0.15, 0.2) is 101 Å². The van der Waals surface area contributed by atoms with Crippen LogP contribution in [0.2, 0.25) is 5.02 Å². The van der Waals surface area contributed by atoms with Crippen molar-refractivity contribution in [1.82, 2.24) is 10.2 Å². The van der Waals surface area contributed by atoms with Gasteiger partial charge in [0.05, 0.1) is 11.6 Å². The maximum absolute atomic E-state index is 14.0. The zero-order valence-corrected chi connectivity index (χ0v) is 22.0. The predicted octanol–water partition coefficient (Wildman–Crippen LogP) is 6.81. The number of benzene rings is 3. The maximum atomic E-state index is 14.0. The van der Waals surface area contributed by atoms with Crippen LogP contribution in [0.3, 0.4) is 0 Å². The Hall–Kier alpha value is -3.79. The van der Waals surface area contributed by atoms with Crippen LogP contribution < -0.4 is 4.90 Å². The van der Waals surface area contributed by atoms with Crippen molar-refractivity contribution in [2.75, 3.05) is 4.90 Å². The lowest BCUT2D eigenvalue weighted by Gasteiger charge is -2.23. The Morgan fingerprint density at radius 1 is 1.08 bits per heavy atom. The molecule has 0 bridgehead atoms. The lowest BCUT2D eigenvalue weighted by atomic mass is 9.96. The SMILES string of the molecule is O=C(/C=C/c1ccccc1)C1=C(O)C(=O)N(c2nnc(SCc3ccccc3F)s2)C1c1cccc(Cl)c1. The molecule has 1 amide bonds. The van der Waals surface area contributed by atoms with E-state index in [1.807, 2.05) is 30.3 Å². The molecule has 1 atom stereocenters. The third-order valence-electron chi connectivity index (χ3n) is 5.78. The number of aromatic nitrogens is 2. The fourth-order valence-corrected chi connectivity index (χ4v) is 6.04. The molecule has 1 aliphatic heterocycles. The van der Waals surface area contributed by atoms with Gasteiger partial charge < -0.3 is 5.11 Å². The lowest BCUT2D eigenvalue weighted by molar-refractivity contribution is -0.117. The fourth-order valence-electron chi connectivity index (χ4n) is 3.99.